The summed E-state index contributed by atoms with van der Waals surface area (Å²) >= 11 is 0. The quantitative estimate of drug-likeness (QED) is 0.767. The van der Waals surface area contributed by atoms with Crippen molar-refractivity contribution in [3.05, 3.63) is 0 Å². The minimum absolute atomic E-state index is 0. The molecule has 1 amide bonds. The SMILES string of the molecule is CC(C)NC(=O)CN1CCC(C(C)N)C1.Cl. The van der Waals surface area contributed by atoms with Gasteiger partial charge in [-0.2, -0.15) is 0 Å². The molecular formula is C11H24ClN3O. The van der Waals surface area contributed by atoms with Crippen LogP contribution >= 0.6 is 12.4 Å². The van der Waals surface area contributed by atoms with Crippen molar-refractivity contribution in [2.45, 2.75) is 39.3 Å². The standard InChI is InChI=1S/C11H23N3O.ClH/c1-8(2)13-11(15)7-14-5-4-10(6-14)9(3)12;/h8-10H,4-7,12H2,1-3H3,(H,13,15);1H. The number of rotatable bonds is 4. The van der Waals surface area contributed by atoms with Gasteiger partial charge in [-0.1, -0.05) is 0 Å². The van der Waals surface area contributed by atoms with Crippen LogP contribution < -0.4 is 11.1 Å². The Labute approximate surface area is 104 Å². The van der Waals surface area contributed by atoms with E-state index < -0.39 is 0 Å². The first-order valence-corrected chi connectivity index (χ1v) is 5.76. The van der Waals surface area contributed by atoms with Crippen molar-refractivity contribution in [3.63, 3.8) is 0 Å². The topological polar surface area (TPSA) is 58.4 Å². The second-order valence-electron chi connectivity index (χ2n) is 4.87. The van der Waals surface area contributed by atoms with E-state index in [4.69, 9.17) is 5.73 Å². The van der Waals surface area contributed by atoms with Gasteiger partial charge >= 0.3 is 0 Å². The Kier molecular flexibility index (Phi) is 6.95. The van der Waals surface area contributed by atoms with Crippen molar-refractivity contribution in [2.24, 2.45) is 11.7 Å². The lowest BCUT2D eigenvalue weighted by Gasteiger charge is -2.18. The van der Waals surface area contributed by atoms with Gasteiger partial charge in [0.25, 0.3) is 0 Å². The number of nitrogens with zero attached hydrogens (tertiary/aromatic N) is 1. The number of carbonyl (C=O) groups is 1. The lowest BCUT2D eigenvalue weighted by atomic mass is 10.0. The molecule has 2 unspecified atom stereocenters. The smallest absolute Gasteiger partial charge is 0.234 e. The molecule has 0 bridgehead atoms. The molecule has 3 N–H and O–H groups in total. The van der Waals surface area contributed by atoms with Crippen LogP contribution in [0.25, 0.3) is 0 Å². The fourth-order valence-electron chi connectivity index (χ4n) is 2.01. The predicted octanol–water partition coefficient (Wildman–Crippen LogP) is 0.602. The minimum atomic E-state index is 0. The monoisotopic (exact) mass is 249 g/mol. The molecule has 1 fully saturated rings. The van der Waals surface area contributed by atoms with Gasteiger partial charge < -0.3 is 11.1 Å². The molecule has 1 aliphatic rings. The fourth-order valence-corrected chi connectivity index (χ4v) is 2.01. The Hall–Kier alpha value is -0.320. The summed E-state index contributed by atoms with van der Waals surface area (Å²) in [4.78, 5) is 13.7. The van der Waals surface area contributed by atoms with Crippen LogP contribution in [0.15, 0.2) is 0 Å². The van der Waals surface area contributed by atoms with Crippen LogP contribution in [-0.2, 0) is 4.79 Å². The van der Waals surface area contributed by atoms with Crippen molar-refractivity contribution < 1.29 is 4.79 Å². The third-order valence-electron chi connectivity index (χ3n) is 2.87. The Bertz CT molecular complexity index is 221. The van der Waals surface area contributed by atoms with Gasteiger partial charge in [0.05, 0.1) is 6.54 Å². The Morgan fingerprint density at radius 3 is 2.56 bits per heavy atom. The lowest BCUT2D eigenvalue weighted by molar-refractivity contribution is -0.122. The van der Waals surface area contributed by atoms with Gasteiger partial charge in [0, 0.05) is 18.6 Å². The first-order valence-electron chi connectivity index (χ1n) is 5.76. The molecule has 0 spiro atoms. The zero-order valence-corrected chi connectivity index (χ0v) is 11.2. The first-order chi connectivity index (χ1) is 6.99. The van der Waals surface area contributed by atoms with Crippen LogP contribution in [0.3, 0.4) is 0 Å². The summed E-state index contributed by atoms with van der Waals surface area (Å²) in [5.74, 6) is 0.673. The zero-order chi connectivity index (χ0) is 11.4. The molecular weight excluding hydrogens is 226 g/mol. The van der Waals surface area contributed by atoms with Crippen molar-refractivity contribution in [2.75, 3.05) is 19.6 Å². The fraction of sp³-hybridized carbons (Fsp3) is 0.909. The molecule has 0 radical (unpaired) electrons. The number of likely N-dealkylation sites (tertiary alicyclic amines) is 1. The highest BCUT2D eigenvalue weighted by molar-refractivity contribution is 5.85. The number of amides is 1. The Morgan fingerprint density at radius 1 is 1.50 bits per heavy atom. The van der Waals surface area contributed by atoms with Crippen LogP contribution in [0, 0.1) is 5.92 Å². The number of nitrogens with one attached hydrogen (secondary N) is 1. The molecule has 16 heavy (non-hydrogen) atoms. The molecule has 0 aliphatic carbocycles. The molecule has 1 aliphatic heterocycles. The van der Waals surface area contributed by atoms with Gasteiger partial charge in [0.2, 0.25) is 5.91 Å². The summed E-state index contributed by atoms with van der Waals surface area (Å²) in [5.41, 5.74) is 5.84. The number of carbonyl (C=O) groups excluding carboxylic acids is 1. The van der Waals surface area contributed by atoms with E-state index >= 15 is 0 Å². The summed E-state index contributed by atoms with van der Waals surface area (Å²) in [6, 6.07) is 0.465. The van der Waals surface area contributed by atoms with Crippen LogP contribution in [0.5, 0.6) is 0 Å². The minimum Gasteiger partial charge on any atom is -0.353 e. The summed E-state index contributed by atoms with van der Waals surface area (Å²) in [7, 11) is 0. The van der Waals surface area contributed by atoms with E-state index in [-0.39, 0.29) is 30.4 Å². The third-order valence-corrected chi connectivity index (χ3v) is 2.87. The van der Waals surface area contributed by atoms with E-state index in [0.29, 0.717) is 12.5 Å². The van der Waals surface area contributed by atoms with Gasteiger partial charge in [-0.25, -0.2) is 0 Å². The second-order valence-corrected chi connectivity index (χ2v) is 4.87. The van der Waals surface area contributed by atoms with Crippen molar-refractivity contribution in [1.29, 1.82) is 0 Å². The van der Waals surface area contributed by atoms with E-state index in [1.54, 1.807) is 0 Å². The molecule has 2 atom stereocenters. The maximum atomic E-state index is 11.5. The molecule has 1 saturated heterocycles. The summed E-state index contributed by atoms with van der Waals surface area (Å²) in [5, 5.41) is 2.90. The summed E-state index contributed by atoms with van der Waals surface area (Å²) in [6.07, 6.45) is 1.12. The molecule has 0 aromatic rings. The van der Waals surface area contributed by atoms with Crippen molar-refractivity contribution in [3.8, 4) is 0 Å². The maximum Gasteiger partial charge on any atom is 0.234 e. The maximum absolute atomic E-state index is 11.5. The van der Waals surface area contributed by atoms with Crippen LogP contribution in [0.1, 0.15) is 27.2 Å². The van der Waals surface area contributed by atoms with Crippen LogP contribution in [0.2, 0.25) is 0 Å². The van der Waals surface area contributed by atoms with E-state index in [1.165, 1.54) is 0 Å². The van der Waals surface area contributed by atoms with Gasteiger partial charge in [-0.15, -0.1) is 12.4 Å². The largest absolute Gasteiger partial charge is 0.353 e. The van der Waals surface area contributed by atoms with Gasteiger partial charge in [0.1, 0.15) is 0 Å². The highest BCUT2D eigenvalue weighted by Crippen LogP contribution is 2.17. The third kappa shape index (κ3) is 5.14. The number of hydrogen-bond donors (Lipinski definition) is 2. The van der Waals surface area contributed by atoms with E-state index in [2.05, 4.69) is 10.2 Å². The molecule has 5 heteroatoms. The molecule has 1 heterocycles. The molecule has 4 nitrogen and oxygen atoms in total. The number of hydrogen-bond acceptors (Lipinski definition) is 3. The molecule has 0 saturated carbocycles. The van der Waals surface area contributed by atoms with Crippen LogP contribution in [-0.4, -0.2) is 42.5 Å². The average Bonchev–Trinajstić information content (AvgIpc) is 2.50. The molecule has 0 aromatic carbocycles. The van der Waals surface area contributed by atoms with E-state index in [9.17, 15) is 4.79 Å². The van der Waals surface area contributed by atoms with Crippen molar-refractivity contribution in [1.82, 2.24) is 10.2 Å². The van der Waals surface area contributed by atoms with Gasteiger partial charge in [-0.05, 0) is 39.7 Å². The zero-order valence-electron chi connectivity index (χ0n) is 10.4. The first kappa shape index (κ1) is 15.7. The predicted molar refractivity (Wildman–Crippen MR) is 68.7 cm³/mol. The molecule has 0 aromatic heterocycles. The molecule has 1 rings (SSSR count). The normalized spacial score (nSPS) is 22.9. The second kappa shape index (κ2) is 7.09. The Morgan fingerprint density at radius 2 is 2.12 bits per heavy atom. The van der Waals surface area contributed by atoms with Gasteiger partial charge in [0.15, 0.2) is 0 Å². The van der Waals surface area contributed by atoms with Crippen LogP contribution in [0.4, 0.5) is 0 Å². The molecule has 96 valence electrons. The van der Waals surface area contributed by atoms with Crippen molar-refractivity contribution >= 4 is 18.3 Å². The highest BCUT2D eigenvalue weighted by atomic mass is 35.5. The summed E-state index contributed by atoms with van der Waals surface area (Å²) < 4.78 is 0. The van der Waals surface area contributed by atoms with E-state index in [1.807, 2.05) is 20.8 Å². The lowest BCUT2D eigenvalue weighted by Crippen LogP contribution is -2.40. The Balaban J connectivity index is 0.00000225. The van der Waals surface area contributed by atoms with Gasteiger partial charge in [-0.3, -0.25) is 9.69 Å². The van der Waals surface area contributed by atoms with E-state index in [0.717, 1.165) is 19.5 Å². The number of halogens is 1. The summed E-state index contributed by atoms with van der Waals surface area (Å²) in [6.45, 7) is 8.48. The highest BCUT2D eigenvalue weighted by Gasteiger charge is 2.26. The number of nitrogens with two attached hydrogens (primary N) is 1. The average molecular weight is 250 g/mol.